The summed E-state index contributed by atoms with van der Waals surface area (Å²) in [5.41, 5.74) is 3.64. The molecule has 0 aliphatic rings. The summed E-state index contributed by atoms with van der Waals surface area (Å²) in [4.78, 5) is 1.33. The molecule has 0 aliphatic carbocycles. The second-order valence-corrected chi connectivity index (χ2v) is 12.3. The van der Waals surface area contributed by atoms with Gasteiger partial charge in [0.25, 0.3) is 0 Å². The molecule has 190 valence electrons. The minimum Gasteiger partial charge on any atom is -0.385 e. The summed E-state index contributed by atoms with van der Waals surface area (Å²) in [6.45, 7) is 13.1. The molecule has 0 bridgehead atoms. The third-order valence-electron chi connectivity index (χ3n) is 8.08. The quantitative estimate of drug-likeness (QED) is 0.178. The maximum atomic E-state index is 3.75. The monoisotopic (exact) mass is 481 g/mol. The Bertz CT molecular complexity index is 782. The van der Waals surface area contributed by atoms with Gasteiger partial charge in [0.1, 0.15) is 0 Å². The van der Waals surface area contributed by atoms with Gasteiger partial charge in [0.05, 0.1) is 0 Å². The standard InChI is InChI=1S/C32H51NS/c1-7-31(3,4)23-14-18-28(26-33-29-19-21-30(34-6)22-20-29)17-12-13-24-32(5,8-2)25-27-15-10-9-11-16-27/h9-11,15-16,19-22,28,33H,7-8,12-14,17-18,23-26H2,1-6H3. The first-order valence-corrected chi connectivity index (χ1v) is 14.9. The van der Waals surface area contributed by atoms with E-state index in [-0.39, 0.29) is 0 Å². The van der Waals surface area contributed by atoms with E-state index >= 15 is 0 Å². The molecular formula is C32H51NS. The number of hydrogen-bond acceptors (Lipinski definition) is 2. The van der Waals surface area contributed by atoms with Crippen LogP contribution >= 0.6 is 11.8 Å². The normalized spacial score (nSPS) is 14.5. The Morgan fingerprint density at radius 1 is 0.794 bits per heavy atom. The second kappa shape index (κ2) is 14.9. The minimum absolute atomic E-state index is 0.416. The summed E-state index contributed by atoms with van der Waals surface area (Å²) in [7, 11) is 0. The fourth-order valence-corrected chi connectivity index (χ4v) is 5.24. The third kappa shape index (κ3) is 10.9. The lowest BCUT2D eigenvalue weighted by molar-refractivity contribution is 0.263. The van der Waals surface area contributed by atoms with Crippen LogP contribution < -0.4 is 5.32 Å². The van der Waals surface area contributed by atoms with Crippen molar-refractivity contribution in [1.29, 1.82) is 0 Å². The van der Waals surface area contributed by atoms with E-state index in [0.717, 1.165) is 12.5 Å². The van der Waals surface area contributed by atoms with Crippen LogP contribution in [0.25, 0.3) is 0 Å². The van der Waals surface area contributed by atoms with Gasteiger partial charge in [-0.25, -0.2) is 0 Å². The molecule has 0 saturated carbocycles. The molecule has 2 aromatic rings. The first-order chi connectivity index (χ1) is 16.3. The Hall–Kier alpha value is -1.41. The summed E-state index contributed by atoms with van der Waals surface area (Å²) in [5, 5.41) is 3.75. The fraction of sp³-hybridized carbons (Fsp3) is 0.625. The van der Waals surface area contributed by atoms with Gasteiger partial charge in [0.15, 0.2) is 0 Å². The van der Waals surface area contributed by atoms with E-state index in [2.05, 4.69) is 101 Å². The number of rotatable bonds is 17. The van der Waals surface area contributed by atoms with E-state index in [1.807, 2.05) is 11.8 Å². The number of unbranched alkanes of at least 4 members (excludes halogenated alkanes) is 1. The van der Waals surface area contributed by atoms with Crippen LogP contribution in [0.1, 0.15) is 98.0 Å². The molecule has 0 aromatic heterocycles. The number of thioether (sulfide) groups is 1. The highest BCUT2D eigenvalue weighted by Gasteiger charge is 2.22. The highest BCUT2D eigenvalue weighted by molar-refractivity contribution is 7.98. The first-order valence-electron chi connectivity index (χ1n) is 13.7. The highest BCUT2D eigenvalue weighted by atomic mass is 32.2. The Labute approximate surface area is 215 Å². The topological polar surface area (TPSA) is 12.0 Å². The van der Waals surface area contributed by atoms with Crippen molar-refractivity contribution < 1.29 is 0 Å². The van der Waals surface area contributed by atoms with Crippen LogP contribution in [0.4, 0.5) is 5.69 Å². The molecule has 2 aromatic carbocycles. The van der Waals surface area contributed by atoms with E-state index in [1.165, 1.54) is 80.4 Å². The Kier molecular flexibility index (Phi) is 12.6. The maximum Gasteiger partial charge on any atom is 0.0341 e. The van der Waals surface area contributed by atoms with Crippen LogP contribution in [-0.2, 0) is 6.42 Å². The number of nitrogens with one attached hydrogen (secondary N) is 1. The van der Waals surface area contributed by atoms with E-state index in [4.69, 9.17) is 0 Å². The van der Waals surface area contributed by atoms with Gasteiger partial charge in [-0.15, -0.1) is 11.8 Å². The highest BCUT2D eigenvalue weighted by Crippen LogP contribution is 2.34. The summed E-state index contributed by atoms with van der Waals surface area (Å²) in [6.07, 6.45) is 15.3. The zero-order valence-corrected chi connectivity index (χ0v) is 23.8. The van der Waals surface area contributed by atoms with E-state index < -0.39 is 0 Å². The molecule has 0 radical (unpaired) electrons. The molecule has 1 N–H and O–H groups in total. The molecular weight excluding hydrogens is 430 g/mol. The van der Waals surface area contributed by atoms with Gasteiger partial charge in [-0.1, -0.05) is 97.1 Å². The van der Waals surface area contributed by atoms with Crippen molar-refractivity contribution in [1.82, 2.24) is 0 Å². The SMILES string of the molecule is CCC(C)(C)CCCC(CCCCC(C)(CC)Cc1ccccc1)CNc1ccc(SC)cc1. The molecule has 0 spiro atoms. The average Bonchev–Trinajstić information content (AvgIpc) is 2.85. The molecule has 0 fully saturated rings. The van der Waals surface area contributed by atoms with E-state index in [9.17, 15) is 0 Å². The van der Waals surface area contributed by atoms with Crippen LogP contribution in [0, 0.1) is 16.7 Å². The van der Waals surface area contributed by atoms with Gasteiger partial charge >= 0.3 is 0 Å². The van der Waals surface area contributed by atoms with Gasteiger partial charge in [0, 0.05) is 17.1 Å². The van der Waals surface area contributed by atoms with Crippen LogP contribution in [0.5, 0.6) is 0 Å². The lowest BCUT2D eigenvalue weighted by atomic mass is 9.76. The van der Waals surface area contributed by atoms with Crippen LogP contribution in [-0.4, -0.2) is 12.8 Å². The summed E-state index contributed by atoms with van der Waals surface area (Å²) in [6, 6.07) is 20.0. The largest absolute Gasteiger partial charge is 0.385 e. The lowest BCUT2D eigenvalue weighted by Crippen LogP contribution is -2.19. The third-order valence-corrected chi connectivity index (χ3v) is 8.82. The summed E-state index contributed by atoms with van der Waals surface area (Å²) >= 11 is 1.81. The first kappa shape index (κ1) is 28.8. The van der Waals surface area contributed by atoms with Gasteiger partial charge in [-0.3, -0.25) is 0 Å². The molecule has 34 heavy (non-hydrogen) atoms. The van der Waals surface area contributed by atoms with Crippen molar-refractivity contribution in [3.8, 4) is 0 Å². The van der Waals surface area contributed by atoms with Crippen molar-refractivity contribution in [3.63, 3.8) is 0 Å². The fourth-order valence-electron chi connectivity index (χ4n) is 4.83. The van der Waals surface area contributed by atoms with Crippen LogP contribution in [0.15, 0.2) is 59.5 Å². The lowest BCUT2D eigenvalue weighted by Gasteiger charge is -2.29. The molecule has 2 unspecified atom stereocenters. The predicted molar refractivity (Wildman–Crippen MR) is 155 cm³/mol. The zero-order chi connectivity index (χ0) is 24.9. The van der Waals surface area contributed by atoms with Crippen LogP contribution in [0.3, 0.4) is 0 Å². The molecule has 1 nitrogen and oxygen atoms in total. The van der Waals surface area contributed by atoms with E-state index in [1.54, 1.807) is 0 Å². The maximum absolute atomic E-state index is 3.75. The predicted octanol–water partition coefficient (Wildman–Crippen LogP) is 10.3. The summed E-state index contributed by atoms with van der Waals surface area (Å²) in [5.74, 6) is 0.759. The second-order valence-electron chi connectivity index (χ2n) is 11.5. The van der Waals surface area contributed by atoms with Gasteiger partial charge in [-0.05, 0) is 84.9 Å². The molecule has 0 aliphatic heterocycles. The number of benzene rings is 2. The van der Waals surface area contributed by atoms with Crippen LogP contribution in [0.2, 0.25) is 0 Å². The van der Waals surface area contributed by atoms with Gasteiger partial charge in [0.2, 0.25) is 0 Å². The molecule has 2 rings (SSSR count). The Morgan fingerprint density at radius 2 is 1.47 bits per heavy atom. The average molecular weight is 482 g/mol. The van der Waals surface area contributed by atoms with Crippen molar-refractivity contribution in [3.05, 3.63) is 60.2 Å². The Morgan fingerprint density at radius 3 is 2.09 bits per heavy atom. The smallest absolute Gasteiger partial charge is 0.0341 e. The van der Waals surface area contributed by atoms with Gasteiger partial charge < -0.3 is 5.32 Å². The molecule has 0 saturated heterocycles. The molecule has 2 atom stereocenters. The van der Waals surface area contributed by atoms with Crippen molar-refractivity contribution >= 4 is 17.4 Å². The minimum atomic E-state index is 0.416. The molecule has 0 amide bonds. The van der Waals surface area contributed by atoms with Crippen molar-refractivity contribution in [2.45, 2.75) is 104 Å². The molecule has 0 heterocycles. The zero-order valence-electron chi connectivity index (χ0n) is 23.0. The number of hydrogen-bond donors (Lipinski definition) is 1. The summed E-state index contributed by atoms with van der Waals surface area (Å²) < 4.78 is 0. The van der Waals surface area contributed by atoms with Crippen molar-refractivity contribution in [2.24, 2.45) is 16.7 Å². The Balaban J connectivity index is 1.85. The molecule has 2 heteroatoms. The van der Waals surface area contributed by atoms with Crippen molar-refractivity contribution in [2.75, 3.05) is 18.1 Å². The van der Waals surface area contributed by atoms with E-state index in [0.29, 0.717) is 10.8 Å². The van der Waals surface area contributed by atoms with Gasteiger partial charge in [-0.2, -0.15) is 0 Å². The number of anilines is 1.